The van der Waals surface area contributed by atoms with E-state index in [1.807, 2.05) is 6.07 Å². The summed E-state index contributed by atoms with van der Waals surface area (Å²) in [6.45, 7) is 2.16. The fraction of sp³-hybridized carbons (Fsp3) is 0.250. The molecule has 16 heavy (non-hydrogen) atoms. The van der Waals surface area contributed by atoms with Gasteiger partial charge in [0, 0.05) is 12.1 Å². The summed E-state index contributed by atoms with van der Waals surface area (Å²) in [5, 5.41) is 8.94. The van der Waals surface area contributed by atoms with Gasteiger partial charge in [-0.15, -0.1) is 5.92 Å². The summed E-state index contributed by atoms with van der Waals surface area (Å²) in [6.07, 6.45) is 0. The molecule has 2 rings (SSSR count). The van der Waals surface area contributed by atoms with Gasteiger partial charge < -0.3 is 14.2 Å². The molecule has 1 aliphatic heterocycles. The van der Waals surface area contributed by atoms with E-state index in [2.05, 4.69) is 11.8 Å². The molecule has 1 aliphatic rings. The van der Waals surface area contributed by atoms with Gasteiger partial charge in [-0.3, -0.25) is 0 Å². The normalized spacial score (nSPS) is 11.2. The zero-order chi connectivity index (χ0) is 11.4. The Morgan fingerprint density at radius 1 is 1.38 bits per heavy atom. The minimum absolute atomic E-state index is 0.179. The third kappa shape index (κ3) is 1.87. The summed E-state index contributed by atoms with van der Waals surface area (Å²) in [5.74, 6) is 7.11. The van der Waals surface area contributed by atoms with E-state index in [1.54, 1.807) is 19.1 Å². The fourth-order valence-electron chi connectivity index (χ4n) is 1.32. The van der Waals surface area contributed by atoms with Gasteiger partial charge in [0.05, 0.1) is 5.56 Å². The van der Waals surface area contributed by atoms with Crippen LogP contribution in [0.15, 0.2) is 12.1 Å². The molecule has 0 amide bonds. The van der Waals surface area contributed by atoms with Crippen molar-refractivity contribution in [3.05, 3.63) is 17.7 Å². The molecule has 0 saturated heterocycles. The molecule has 0 unspecified atom stereocenters. The molecule has 80 valence electrons. The zero-order valence-corrected chi connectivity index (χ0v) is 8.74. The highest BCUT2D eigenvalue weighted by molar-refractivity contribution is 5.56. The van der Waals surface area contributed by atoms with E-state index in [1.165, 1.54) is 0 Å². The molecule has 4 heteroatoms. The van der Waals surface area contributed by atoms with E-state index in [-0.39, 0.29) is 13.4 Å². The van der Waals surface area contributed by atoms with Crippen LogP contribution in [0.5, 0.6) is 17.2 Å². The summed E-state index contributed by atoms with van der Waals surface area (Å²) >= 11 is 0. The Kier molecular flexibility index (Phi) is 2.84. The molecule has 0 fully saturated rings. The van der Waals surface area contributed by atoms with E-state index >= 15 is 0 Å². The Labute approximate surface area is 93.3 Å². The Balaban J connectivity index is 2.28. The van der Waals surface area contributed by atoms with E-state index in [0.717, 1.165) is 0 Å². The summed E-state index contributed by atoms with van der Waals surface area (Å²) in [6, 6.07) is 5.30. The molecule has 0 radical (unpaired) electrons. The molecular formula is C12H9NO3. The quantitative estimate of drug-likeness (QED) is 0.704. The molecule has 0 N–H and O–H groups in total. The predicted octanol–water partition coefficient (Wildman–Crippen LogP) is 1.69. The minimum atomic E-state index is 0.179. The van der Waals surface area contributed by atoms with E-state index in [0.29, 0.717) is 22.8 Å². The number of benzene rings is 1. The van der Waals surface area contributed by atoms with Crippen molar-refractivity contribution in [2.24, 2.45) is 0 Å². The number of nitrogens with zero attached hydrogens (tertiary/aromatic N) is 1. The van der Waals surface area contributed by atoms with Crippen LogP contribution in [0.2, 0.25) is 0 Å². The maximum Gasteiger partial charge on any atom is 0.231 e. The van der Waals surface area contributed by atoms with Gasteiger partial charge in [0.25, 0.3) is 0 Å². The number of hydrogen-bond donors (Lipinski definition) is 0. The largest absolute Gasteiger partial charge is 0.479 e. The van der Waals surface area contributed by atoms with Gasteiger partial charge >= 0.3 is 0 Å². The predicted molar refractivity (Wildman–Crippen MR) is 56.2 cm³/mol. The first-order valence-electron chi connectivity index (χ1n) is 4.71. The third-order valence-electron chi connectivity index (χ3n) is 2.07. The first-order valence-corrected chi connectivity index (χ1v) is 4.71. The smallest absolute Gasteiger partial charge is 0.231 e. The average molecular weight is 215 g/mol. The van der Waals surface area contributed by atoms with E-state index in [9.17, 15) is 0 Å². The van der Waals surface area contributed by atoms with Crippen molar-refractivity contribution in [1.29, 1.82) is 5.26 Å². The van der Waals surface area contributed by atoms with Gasteiger partial charge in [0.1, 0.15) is 18.4 Å². The van der Waals surface area contributed by atoms with Crippen molar-refractivity contribution < 1.29 is 14.2 Å². The highest BCUT2D eigenvalue weighted by atomic mass is 16.7. The SMILES string of the molecule is CC#CCOc1cc2c(cc1C#N)OCO2. The lowest BCUT2D eigenvalue weighted by atomic mass is 10.2. The number of hydrogen-bond acceptors (Lipinski definition) is 4. The molecule has 0 spiro atoms. The first kappa shape index (κ1) is 10.2. The van der Waals surface area contributed by atoms with Gasteiger partial charge in [-0.05, 0) is 6.92 Å². The monoisotopic (exact) mass is 215 g/mol. The highest BCUT2D eigenvalue weighted by Gasteiger charge is 2.17. The highest BCUT2D eigenvalue weighted by Crippen LogP contribution is 2.37. The topological polar surface area (TPSA) is 51.5 Å². The molecule has 1 heterocycles. The van der Waals surface area contributed by atoms with Crippen molar-refractivity contribution in [2.45, 2.75) is 6.92 Å². The van der Waals surface area contributed by atoms with Gasteiger partial charge in [0.15, 0.2) is 11.5 Å². The zero-order valence-electron chi connectivity index (χ0n) is 8.74. The molecular weight excluding hydrogens is 206 g/mol. The van der Waals surface area contributed by atoms with E-state index < -0.39 is 0 Å². The van der Waals surface area contributed by atoms with Crippen molar-refractivity contribution in [3.63, 3.8) is 0 Å². The molecule has 0 saturated carbocycles. The summed E-state index contributed by atoms with van der Waals surface area (Å²) in [7, 11) is 0. The van der Waals surface area contributed by atoms with Crippen LogP contribution in [0.4, 0.5) is 0 Å². The maximum atomic E-state index is 8.94. The second-order valence-corrected chi connectivity index (χ2v) is 3.03. The molecule has 1 aromatic carbocycles. The second kappa shape index (κ2) is 4.46. The molecule has 0 atom stereocenters. The number of fused-ring (bicyclic) bond motifs is 1. The Hall–Kier alpha value is -2.33. The minimum Gasteiger partial charge on any atom is -0.479 e. The van der Waals surface area contributed by atoms with Crippen molar-refractivity contribution in [3.8, 4) is 35.2 Å². The Bertz CT molecular complexity index is 505. The molecule has 4 nitrogen and oxygen atoms in total. The van der Waals surface area contributed by atoms with Crippen LogP contribution < -0.4 is 14.2 Å². The van der Waals surface area contributed by atoms with Gasteiger partial charge in [0.2, 0.25) is 6.79 Å². The van der Waals surface area contributed by atoms with Crippen LogP contribution in [0.1, 0.15) is 12.5 Å². The van der Waals surface area contributed by atoms with Crippen LogP contribution in [-0.4, -0.2) is 13.4 Å². The Morgan fingerprint density at radius 2 is 2.12 bits per heavy atom. The average Bonchev–Trinajstić information content (AvgIpc) is 2.75. The van der Waals surface area contributed by atoms with Crippen LogP contribution in [0, 0.1) is 23.2 Å². The number of ether oxygens (including phenoxy) is 3. The maximum absolute atomic E-state index is 8.94. The lowest BCUT2D eigenvalue weighted by Gasteiger charge is -2.05. The molecule has 0 aromatic heterocycles. The van der Waals surface area contributed by atoms with Crippen LogP contribution in [0.3, 0.4) is 0 Å². The Morgan fingerprint density at radius 3 is 2.81 bits per heavy atom. The van der Waals surface area contributed by atoms with Gasteiger partial charge in [-0.25, -0.2) is 0 Å². The summed E-state index contributed by atoms with van der Waals surface area (Å²) in [4.78, 5) is 0. The second-order valence-electron chi connectivity index (χ2n) is 3.03. The molecule has 1 aromatic rings. The molecule has 0 bridgehead atoms. The standard InChI is InChI=1S/C12H9NO3/c1-2-3-4-14-10-6-12-11(15-8-16-12)5-9(10)7-13/h5-6H,4,8H2,1H3. The van der Waals surface area contributed by atoms with Crippen molar-refractivity contribution >= 4 is 0 Å². The van der Waals surface area contributed by atoms with Crippen LogP contribution in [0.25, 0.3) is 0 Å². The van der Waals surface area contributed by atoms with Gasteiger partial charge in [-0.2, -0.15) is 5.26 Å². The lowest BCUT2D eigenvalue weighted by molar-refractivity contribution is 0.174. The number of rotatable bonds is 2. The summed E-state index contributed by atoms with van der Waals surface area (Å²) < 4.78 is 15.7. The third-order valence-corrected chi connectivity index (χ3v) is 2.07. The van der Waals surface area contributed by atoms with Crippen LogP contribution >= 0.6 is 0 Å². The van der Waals surface area contributed by atoms with Crippen molar-refractivity contribution in [1.82, 2.24) is 0 Å². The van der Waals surface area contributed by atoms with E-state index in [4.69, 9.17) is 19.5 Å². The fourth-order valence-corrected chi connectivity index (χ4v) is 1.32. The van der Waals surface area contributed by atoms with Gasteiger partial charge in [-0.1, -0.05) is 5.92 Å². The number of nitriles is 1. The summed E-state index contributed by atoms with van der Waals surface area (Å²) in [5.41, 5.74) is 0.419. The first-order chi connectivity index (χ1) is 7.85. The lowest BCUT2D eigenvalue weighted by Crippen LogP contribution is -1.96. The molecule has 0 aliphatic carbocycles. The van der Waals surface area contributed by atoms with Crippen LogP contribution in [-0.2, 0) is 0 Å². The van der Waals surface area contributed by atoms with Crippen molar-refractivity contribution in [2.75, 3.05) is 13.4 Å².